The average molecular weight is 291 g/mol. The highest BCUT2D eigenvalue weighted by atomic mass is 16.5. The lowest BCUT2D eigenvalue weighted by molar-refractivity contribution is -0.147. The van der Waals surface area contributed by atoms with Gasteiger partial charge in [0.2, 0.25) is 0 Å². The maximum atomic E-state index is 11.5. The number of benzene rings is 1. The van der Waals surface area contributed by atoms with Crippen LogP contribution in [0.1, 0.15) is 25.8 Å². The van der Waals surface area contributed by atoms with E-state index in [2.05, 4.69) is 10.3 Å². The first kappa shape index (κ1) is 17.0. The molecule has 0 unspecified atom stereocenters. The third-order valence-corrected chi connectivity index (χ3v) is 2.66. The Bertz CT molecular complexity index is 456. The molecular formula is C16H25N3O2. The minimum atomic E-state index is -0.196. The summed E-state index contributed by atoms with van der Waals surface area (Å²) in [4.78, 5) is 17.9. The van der Waals surface area contributed by atoms with Crippen molar-refractivity contribution in [2.24, 2.45) is 4.99 Å². The molecule has 0 saturated carbocycles. The van der Waals surface area contributed by atoms with E-state index in [1.807, 2.05) is 63.2 Å². The number of carbonyl (C=O) groups is 1. The number of rotatable bonds is 6. The van der Waals surface area contributed by atoms with Crippen molar-refractivity contribution in [1.82, 2.24) is 10.2 Å². The predicted octanol–water partition coefficient (Wildman–Crippen LogP) is 2.04. The van der Waals surface area contributed by atoms with Crippen molar-refractivity contribution in [2.75, 3.05) is 20.6 Å². The predicted molar refractivity (Wildman–Crippen MR) is 85.1 cm³/mol. The maximum absolute atomic E-state index is 11.5. The summed E-state index contributed by atoms with van der Waals surface area (Å²) in [5.74, 6) is 0.565. The van der Waals surface area contributed by atoms with Crippen LogP contribution in [0.3, 0.4) is 0 Å². The van der Waals surface area contributed by atoms with Gasteiger partial charge >= 0.3 is 5.97 Å². The number of nitrogens with one attached hydrogen (secondary N) is 1. The number of carbonyl (C=O) groups excluding carboxylic acids is 1. The zero-order valence-electron chi connectivity index (χ0n) is 13.3. The van der Waals surface area contributed by atoms with E-state index in [4.69, 9.17) is 4.74 Å². The van der Waals surface area contributed by atoms with Gasteiger partial charge in [0.05, 0.1) is 19.1 Å². The number of nitrogens with zero attached hydrogens (tertiary/aromatic N) is 2. The van der Waals surface area contributed by atoms with Crippen LogP contribution in [0.4, 0.5) is 0 Å². The molecule has 1 aromatic carbocycles. The van der Waals surface area contributed by atoms with E-state index in [0.29, 0.717) is 19.5 Å². The Morgan fingerprint density at radius 3 is 2.52 bits per heavy atom. The van der Waals surface area contributed by atoms with E-state index >= 15 is 0 Å². The zero-order valence-corrected chi connectivity index (χ0v) is 13.3. The lowest BCUT2D eigenvalue weighted by Gasteiger charge is -2.17. The Hall–Kier alpha value is -2.04. The van der Waals surface area contributed by atoms with E-state index in [1.54, 1.807) is 0 Å². The molecule has 5 heteroatoms. The average Bonchev–Trinajstić information content (AvgIpc) is 2.42. The second-order valence-corrected chi connectivity index (χ2v) is 5.24. The Balaban J connectivity index is 2.45. The number of hydrogen-bond acceptors (Lipinski definition) is 3. The van der Waals surface area contributed by atoms with Gasteiger partial charge in [0.25, 0.3) is 0 Å². The van der Waals surface area contributed by atoms with Crippen molar-refractivity contribution in [2.45, 2.75) is 32.9 Å². The molecule has 0 heterocycles. The van der Waals surface area contributed by atoms with Gasteiger partial charge in [-0.3, -0.25) is 4.79 Å². The van der Waals surface area contributed by atoms with Crippen molar-refractivity contribution in [3.8, 4) is 0 Å². The first-order chi connectivity index (χ1) is 9.99. The quantitative estimate of drug-likeness (QED) is 0.495. The van der Waals surface area contributed by atoms with Gasteiger partial charge in [-0.25, -0.2) is 4.99 Å². The summed E-state index contributed by atoms with van der Waals surface area (Å²) < 4.78 is 5.09. The molecule has 1 rings (SSSR count). The highest BCUT2D eigenvalue weighted by Crippen LogP contribution is 2.00. The molecule has 0 radical (unpaired) electrons. The van der Waals surface area contributed by atoms with Crippen LogP contribution in [0.5, 0.6) is 0 Å². The lowest BCUT2D eigenvalue weighted by atomic mass is 10.2. The highest BCUT2D eigenvalue weighted by Gasteiger charge is 2.07. The summed E-state index contributed by atoms with van der Waals surface area (Å²) in [6.45, 7) is 4.81. The summed E-state index contributed by atoms with van der Waals surface area (Å²) in [6, 6.07) is 10.1. The van der Waals surface area contributed by atoms with E-state index in [9.17, 15) is 4.79 Å². The van der Waals surface area contributed by atoms with Gasteiger partial charge < -0.3 is 15.0 Å². The van der Waals surface area contributed by atoms with Crippen LogP contribution in [-0.2, 0) is 16.1 Å². The van der Waals surface area contributed by atoms with Crippen molar-refractivity contribution in [3.63, 3.8) is 0 Å². The molecule has 116 valence electrons. The second kappa shape index (κ2) is 9.00. The molecule has 0 spiro atoms. The van der Waals surface area contributed by atoms with Gasteiger partial charge in [0, 0.05) is 20.6 Å². The number of aliphatic imine (C=N–C) groups is 1. The van der Waals surface area contributed by atoms with Crippen LogP contribution in [0.15, 0.2) is 35.3 Å². The SMILES string of the molecule is CC(C)OC(=O)CCNC(=NCc1ccccc1)N(C)C. The number of hydrogen-bond donors (Lipinski definition) is 1. The van der Waals surface area contributed by atoms with Gasteiger partial charge in [-0.2, -0.15) is 0 Å². The molecule has 0 fully saturated rings. The minimum absolute atomic E-state index is 0.0717. The normalized spacial score (nSPS) is 11.4. The van der Waals surface area contributed by atoms with Crippen molar-refractivity contribution >= 4 is 11.9 Å². The monoisotopic (exact) mass is 291 g/mol. The highest BCUT2D eigenvalue weighted by molar-refractivity contribution is 5.80. The minimum Gasteiger partial charge on any atom is -0.463 e. The molecule has 0 amide bonds. The van der Waals surface area contributed by atoms with Gasteiger partial charge in [-0.15, -0.1) is 0 Å². The summed E-state index contributed by atoms with van der Waals surface area (Å²) in [6.07, 6.45) is 0.258. The standard InChI is InChI=1S/C16H25N3O2/c1-13(2)21-15(20)10-11-17-16(19(3)4)18-12-14-8-6-5-7-9-14/h5-9,13H,10-12H2,1-4H3,(H,17,18). The van der Waals surface area contributed by atoms with Gasteiger partial charge in [0.1, 0.15) is 0 Å². The topological polar surface area (TPSA) is 53.9 Å². The Labute approximate surface area is 127 Å². The molecule has 0 aliphatic rings. The van der Waals surface area contributed by atoms with Crippen LogP contribution in [0.25, 0.3) is 0 Å². The first-order valence-corrected chi connectivity index (χ1v) is 7.18. The van der Waals surface area contributed by atoms with E-state index in [-0.39, 0.29) is 12.1 Å². The number of ether oxygens (including phenoxy) is 1. The largest absolute Gasteiger partial charge is 0.463 e. The van der Waals surface area contributed by atoms with Crippen LogP contribution >= 0.6 is 0 Å². The molecule has 1 aromatic rings. The maximum Gasteiger partial charge on any atom is 0.307 e. The fraction of sp³-hybridized carbons (Fsp3) is 0.500. The van der Waals surface area contributed by atoms with Crippen LogP contribution in [0, 0.1) is 0 Å². The second-order valence-electron chi connectivity index (χ2n) is 5.24. The first-order valence-electron chi connectivity index (χ1n) is 7.18. The lowest BCUT2D eigenvalue weighted by Crippen LogP contribution is -2.37. The molecule has 0 aliphatic heterocycles. The van der Waals surface area contributed by atoms with E-state index in [0.717, 1.165) is 11.5 Å². The molecule has 0 atom stereocenters. The molecular weight excluding hydrogens is 266 g/mol. The molecule has 0 aliphatic carbocycles. The Morgan fingerprint density at radius 2 is 1.95 bits per heavy atom. The summed E-state index contributed by atoms with van der Waals surface area (Å²) in [5.41, 5.74) is 1.15. The zero-order chi connectivity index (χ0) is 15.7. The van der Waals surface area contributed by atoms with Gasteiger partial charge in [0.15, 0.2) is 5.96 Å². The summed E-state index contributed by atoms with van der Waals surface area (Å²) in [7, 11) is 3.84. The third kappa shape index (κ3) is 7.34. The Kier molecular flexibility index (Phi) is 7.29. The van der Waals surface area contributed by atoms with E-state index in [1.165, 1.54) is 0 Å². The third-order valence-electron chi connectivity index (χ3n) is 2.66. The van der Waals surface area contributed by atoms with Crippen LogP contribution < -0.4 is 5.32 Å². The van der Waals surface area contributed by atoms with Crippen LogP contribution in [0.2, 0.25) is 0 Å². The molecule has 0 saturated heterocycles. The van der Waals surface area contributed by atoms with Crippen molar-refractivity contribution in [3.05, 3.63) is 35.9 Å². The molecule has 21 heavy (non-hydrogen) atoms. The molecule has 0 aromatic heterocycles. The fourth-order valence-electron chi connectivity index (χ4n) is 1.70. The molecule has 1 N–H and O–H groups in total. The van der Waals surface area contributed by atoms with Gasteiger partial charge in [-0.05, 0) is 19.4 Å². The van der Waals surface area contributed by atoms with Crippen LogP contribution in [-0.4, -0.2) is 43.6 Å². The smallest absolute Gasteiger partial charge is 0.307 e. The Morgan fingerprint density at radius 1 is 1.29 bits per heavy atom. The number of esters is 1. The summed E-state index contributed by atoms with van der Waals surface area (Å²) in [5, 5.41) is 3.17. The van der Waals surface area contributed by atoms with Crippen molar-refractivity contribution < 1.29 is 9.53 Å². The van der Waals surface area contributed by atoms with E-state index < -0.39 is 0 Å². The summed E-state index contributed by atoms with van der Waals surface area (Å²) >= 11 is 0. The van der Waals surface area contributed by atoms with Gasteiger partial charge in [-0.1, -0.05) is 30.3 Å². The molecule has 5 nitrogen and oxygen atoms in total. The number of guanidine groups is 1. The molecule has 0 bridgehead atoms. The van der Waals surface area contributed by atoms with Crippen molar-refractivity contribution in [1.29, 1.82) is 0 Å². The fourth-order valence-corrected chi connectivity index (χ4v) is 1.70.